The molecule has 0 saturated carbocycles. The van der Waals surface area contributed by atoms with Gasteiger partial charge in [0.05, 0.1) is 0 Å². The van der Waals surface area contributed by atoms with Crippen LogP contribution in [0.1, 0.15) is 19.8 Å². The van der Waals surface area contributed by atoms with E-state index in [4.69, 9.17) is 5.73 Å². The summed E-state index contributed by atoms with van der Waals surface area (Å²) in [5.41, 5.74) is 7.77. The SMILES string of the molecule is CC/C=C\C1=CC=C(N)C=CC1. The lowest BCUT2D eigenvalue weighted by molar-refractivity contribution is 1.20. The summed E-state index contributed by atoms with van der Waals surface area (Å²) < 4.78 is 0. The highest BCUT2D eigenvalue weighted by molar-refractivity contribution is 5.33. The molecule has 0 fully saturated rings. The van der Waals surface area contributed by atoms with Crippen LogP contribution in [-0.4, -0.2) is 0 Å². The third kappa shape index (κ3) is 2.79. The molecule has 2 N–H and O–H groups in total. The van der Waals surface area contributed by atoms with Crippen LogP contribution in [0.15, 0.2) is 47.7 Å². The molecule has 0 spiro atoms. The Labute approximate surface area is 74.0 Å². The topological polar surface area (TPSA) is 26.0 Å². The highest BCUT2D eigenvalue weighted by Gasteiger charge is 1.92. The molecule has 0 aliphatic heterocycles. The molecule has 1 rings (SSSR count). The smallest absolute Gasteiger partial charge is 0.0310 e. The lowest BCUT2D eigenvalue weighted by Crippen LogP contribution is -1.89. The minimum Gasteiger partial charge on any atom is -0.399 e. The number of hydrogen-bond acceptors (Lipinski definition) is 1. The Morgan fingerprint density at radius 3 is 3.08 bits per heavy atom. The normalized spacial score (nSPS) is 17.4. The Morgan fingerprint density at radius 2 is 2.33 bits per heavy atom. The summed E-state index contributed by atoms with van der Waals surface area (Å²) in [6.07, 6.45) is 14.4. The lowest BCUT2D eigenvalue weighted by Gasteiger charge is -1.92. The van der Waals surface area contributed by atoms with Crippen LogP contribution < -0.4 is 5.73 Å². The molecule has 0 bridgehead atoms. The largest absolute Gasteiger partial charge is 0.399 e. The molecule has 0 amide bonds. The monoisotopic (exact) mass is 161 g/mol. The maximum absolute atomic E-state index is 5.63. The van der Waals surface area contributed by atoms with Crippen LogP contribution in [0.3, 0.4) is 0 Å². The van der Waals surface area contributed by atoms with Gasteiger partial charge in [0, 0.05) is 5.70 Å². The molecule has 0 aromatic rings. The third-order valence-corrected chi connectivity index (χ3v) is 1.72. The number of rotatable bonds is 2. The van der Waals surface area contributed by atoms with Gasteiger partial charge in [-0.05, 0) is 30.6 Å². The zero-order valence-corrected chi connectivity index (χ0v) is 7.46. The van der Waals surface area contributed by atoms with Gasteiger partial charge < -0.3 is 5.73 Å². The van der Waals surface area contributed by atoms with E-state index in [1.165, 1.54) is 5.57 Å². The predicted octanol–water partition coefficient (Wildman–Crippen LogP) is 2.68. The Kier molecular flexibility index (Phi) is 3.39. The van der Waals surface area contributed by atoms with Crippen molar-refractivity contribution in [2.24, 2.45) is 5.73 Å². The molecular weight excluding hydrogens is 146 g/mol. The van der Waals surface area contributed by atoms with Gasteiger partial charge in [-0.3, -0.25) is 0 Å². The summed E-state index contributed by atoms with van der Waals surface area (Å²) in [5.74, 6) is 0. The van der Waals surface area contributed by atoms with Crippen LogP contribution in [0, 0.1) is 0 Å². The second-order valence-electron chi connectivity index (χ2n) is 2.83. The van der Waals surface area contributed by atoms with Gasteiger partial charge in [-0.25, -0.2) is 0 Å². The fraction of sp³-hybridized carbons (Fsp3) is 0.273. The molecule has 0 aromatic carbocycles. The van der Waals surface area contributed by atoms with E-state index < -0.39 is 0 Å². The summed E-state index contributed by atoms with van der Waals surface area (Å²) in [6.45, 7) is 2.13. The van der Waals surface area contributed by atoms with E-state index in [1.807, 2.05) is 12.2 Å². The molecule has 12 heavy (non-hydrogen) atoms. The molecule has 1 aliphatic rings. The van der Waals surface area contributed by atoms with Crippen molar-refractivity contribution in [3.8, 4) is 0 Å². The van der Waals surface area contributed by atoms with Crippen LogP contribution >= 0.6 is 0 Å². The Balaban J connectivity index is 2.68. The third-order valence-electron chi connectivity index (χ3n) is 1.72. The quantitative estimate of drug-likeness (QED) is 0.662. The van der Waals surface area contributed by atoms with Crippen LogP contribution in [0.5, 0.6) is 0 Å². The van der Waals surface area contributed by atoms with Gasteiger partial charge in [-0.1, -0.05) is 31.2 Å². The molecule has 1 nitrogen and oxygen atoms in total. The average molecular weight is 161 g/mol. The van der Waals surface area contributed by atoms with Crippen molar-refractivity contribution in [2.45, 2.75) is 19.8 Å². The summed E-state index contributed by atoms with van der Waals surface area (Å²) in [6, 6.07) is 0. The number of hydrogen-bond donors (Lipinski definition) is 1. The first-order valence-electron chi connectivity index (χ1n) is 4.32. The van der Waals surface area contributed by atoms with Gasteiger partial charge in [-0.15, -0.1) is 0 Å². The van der Waals surface area contributed by atoms with Gasteiger partial charge in [-0.2, -0.15) is 0 Å². The number of allylic oxidation sites excluding steroid dienone is 7. The van der Waals surface area contributed by atoms with Crippen LogP contribution in [0.4, 0.5) is 0 Å². The number of nitrogens with two attached hydrogens (primary N) is 1. The highest BCUT2D eigenvalue weighted by atomic mass is 14.5. The molecular formula is C11H15N. The van der Waals surface area contributed by atoms with Crippen molar-refractivity contribution in [3.63, 3.8) is 0 Å². The average Bonchev–Trinajstić information content (AvgIpc) is 2.27. The van der Waals surface area contributed by atoms with E-state index >= 15 is 0 Å². The minimum atomic E-state index is 0.829. The van der Waals surface area contributed by atoms with Crippen LogP contribution in [0.25, 0.3) is 0 Å². The maximum Gasteiger partial charge on any atom is 0.0310 e. The fourth-order valence-corrected chi connectivity index (χ4v) is 1.05. The summed E-state index contributed by atoms with van der Waals surface area (Å²) in [7, 11) is 0. The molecule has 64 valence electrons. The first-order chi connectivity index (χ1) is 5.83. The predicted molar refractivity (Wildman–Crippen MR) is 53.5 cm³/mol. The van der Waals surface area contributed by atoms with E-state index in [-0.39, 0.29) is 0 Å². The summed E-state index contributed by atoms with van der Waals surface area (Å²) in [4.78, 5) is 0. The van der Waals surface area contributed by atoms with Crippen molar-refractivity contribution in [1.82, 2.24) is 0 Å². The van der Waals surface area contributed by atoms with Crippen molar-refractivity contribution in [3.05, 3.63) is 47.7 Å². The second kappa shape index (κ2) is 4.60. The Bertz CT molecular complexity index is 254. The van der Waals surface area contributed by atoms with E-state index in [2.05, 4.69) is 31.2 Å². The molecule has 0 aromatic heterocycles. The maximum atomic E-state index is 5.63. The minimum absolute atomic E-state index is 0.829. The van der Waals surface area contributed by atoms with Crippen LogP contribution in [0.2, 0.25) is 0 Å². The standard InChI is InChI=1S/C11H15N/c1-2-3-5-10-6-4-7-11(12)9-8-10/h3-5,7-9H,2,6,12H2,1H3/b5-3-. The van der Waals surface area contributed by atoms with Gasteiger partial charge in [0.2, 0.25) is 0 Å². The first kappa shape index (κ1) is 8.85. The zero-order chi connectivity index (χ0) is 8.81. The Hall–Kier alpha value is -1.24. The first-order valence-corrected chi connectivity index (χ1v) is 4.32. The molecule has 1 aliphatic carbocycles. The van der Waals surface area contributed by atoms with Gasteiger partial charge in [0.15, 0.2) is 0 Å². The molecule has 1 heteroatoms. The van der Waals surface area contributed by atoms with E-state index in [9.17, 15) is 0 Å². The van der Waals surface area contributed by atoms with E-state index in [1.54, 1.807) is 0 Å². The van der Waals surface area contributed by atoms with E-state index in [0.29, 0.717) is 0 Å². The van der Waals surface area contributed by atoms with Gasteiger partial charge in [0.1, 0.15) is 0 Å². The molecule has 0 radical (unpaired) electrons. The van der Waals surface area contributed by atoms with Crippen molar-refractivity contribution in [2.75, 3.05) is 0 Å². The summed E-state index contributed by atoms with van der Waals surface area (Å²) in [5, 5.41) is 0. The van der Waals surface area contributed by atoms with E-state index in [0.717, 1.165) is 18.5 Å². The van der Waals surface area contributed by atoms with Gasteiger partial charge in [0.25, 0.3) is 0 Å². The highest BCUT2D eigenvalue weighted by Crippen LogP contribution is 2.10. The van der Waals surface area contributed by atoms with Crippen molar-refractivity contribution >= 4 is 0 Å². The lowest BCUT2D eigenvalue weighted by atomic mass is 10.1. The second-order valence-corrected chi connectivity index (χ2v) is 2.83. The van der Waals surface area contributed by atoms with Crippen molar-refractivity contribution in [1.29, 1.82) is 0 Å². The summed E-state index contributed by atoms with van der Waals surface area (Å²) >= 11 is 0. The molecule has 0 heterocycles. The Morgan fingerprint density at radius 1 is 1.50 bits per heavy atom. The zero-order valence-electron chi connectivity index (χ0n) is 7.46. The van der Waals surface area contributed by atoms with Crippen LogP contribution in [-0.2, 0) is 0 Å². The van der Waals surface area contributed by atoms with Crippen molar-refractivity contribution < 1.29 is 0 Å². The molecule has 0 saturated heterocycles. The molecule has 0 atom stereocenters. The molecule has 0 unspecified atom stereocenters. The van der Waals surface area contributed by atoms with Gasteiger partial charge >= 0.3 is 0 Å². The fourth-order valence-electron chi connectivity index (χ4n) is 1.05.